The fraction of sp³-hybridized carbons (Fsp3) is 0.773. The third-order valence-electron chi connectivity index (χ3n) is 5.21. The van der Waals surface area contributed by atoms with E-state index < -0.39 is 29.9 Å². The summed E-state index contributed by atoms with van der Waals surface area (Å²) in [5, 5.41) is 2.67. The van der Waals surface area contributed by atoms with E-state index in [-0.39, 0.29) is 31.5 Å². The van der Waals surface area contributed by atoms with Crippen LogP contribution < -0.4 is 11.1 Å². The Balaban J connectivity index is 2.72. The number of nitrogens with one attached hydrogen (secondary N) is 1. The fourth-order valence-corrected chi connectivity index (χ4v) is 3.27. The number of hydrogen-bond donors (Lipinski definition) is 2. The van der Waals surface area contributed by atoms with Gasteiger partial charge in [-0.25, -0.2) is 4.79 Å². The molecule has 2 unspecified atom stereocenters. The molecule has 1 amide bonds. The number of hydrogen-bond acceptors (Lipinski definition) is 6. The molecule has 2 atom stereocenters. The molecule has 0 bridgehead atoms. The molecule has 0 aliphatic heterocycles. The molecule has 1 aliphatic carbocycles. The Morgan fingerprint density at radius 3 is 2.24 bits per heavy atom. The highest BCUT2D eigenvalue weighted by Crippen LogP contribution is 2.20. The van der Waals surface area contributed by atoms with E-state index in [1.54, 1.807) is 0 Å². The lowest BCUT2D eigenvalue weighted by atomic mass is 10.0. The summed E-state index contributed by atoms with van der Waals surface area (Å²) in [5.74, 6) is -1.45. The van der Waals surface area contributed by atoms with Gasteiger partial charge in [0.2, 0.25) is 5.91 Å². The molecule has 166 valence electrons. The maximum absolute atomic E-state index is 12.8. The van der Waals surface area contributed by atoms with Gasteiger partial charge >= 0.3 is 11.9 Å². The molecule has 0 spiro atoms. The van der Waals surface area contributed by atoms with E-state index in [1.807, 2.05) is 13.8 Å². The molecule has 0 aromatic carbocycles. The Labute approximate surface area is 174 Å². The van der Waals surface area contributed by atoms with Crippen molar-refractivity contribution in [3.63, 3.8) is 0 Å². The van der Waals surface area contributed by atoms with E-state index >= 15 is 0 Å². The topological polar surface area (TPSA) is 108 Å². The van der Waals surface area contributed by atoms with Crippen LogP contribution in [-0.4, -0.2) is 42.6 Å². The number of esters is 2. The summed E-state index contributed by atoms with van der Waals surface area (Å²) in [6.07, 6.45) is 9.89. The van der Waals surface area contributed by atoms with Crippen molar-refractivity contribution in [1.82, 2.24) is 5.32 Å². The molecular weight excluding hydrogens is 372 g/mol. The molecule has 1 aliphatic rings. The Morgan fingerprint density at radius 1 is 1.10 bits per heavy atom. The van der Waals surface area contributed by atoms with Gasteiger partial charge in [-0.15, -0.1) is 0 Å². The van der Waals surface area contributed by atoms with E-state index in [0.717, 1.165) is 38.5 Å². The number of amides is 1. The van der Waals surface area contributed by atoms with Crippen LogP contribution in [-0.2, 0) is 23.9 Å². The summed E-state index contributed by atoms with van der Waals surface area (Å²) in [5.41, 5.74) is 5.90. The molecule has 1 rings (SSSR count). The second-order valence-electron chi connectivity index (χ2n) is 8.10. The molecule has 3 N–H and O–H groups in total. The second kappa shape index (κ2) is 14.1. The highest BCUT2D eigenvalue weighted by molar-refractivity contribution is 5.88. The summed E-state index contributed by atoms with van der Waals surface area (Å²) >= 11 is 0. The van der Waals surface area contributed by atoms with Gasteiger partial charge in [-0.05, 0) is 38.0 Å². The molecule has 0 radical (unpaired) electrons. The Bertz CT molecular complexity index is 525. The zero-order valence-corrected chi connectivity index (χ0v) is 18.0. The Hall–Kier alpha value is -1.89. The van der Waals surface area contributed by atoms with Gasteiger partial charge < -0.3 is 20.5 Å². The average molecular weight is 411 g/mol. The van der Waals surface area contributed by atoms with Crippen molar-refractivity contribution in [1.29, 1.82) is 0 Å². The smallest absolute Gasteiger partial charge is 0.328 e. The van der Waals surface area contributed by atoms with Gasteiger partial charge in [-0.1, -0.05) is 52.2 Å². The van der Waals surface area contributed by atoms with Crippen molar-refractivity contribution >= 4 is 17.8 Å². The summed E-state index contributed by atoms with van der Waals surface area (Å²) in [6.45, 7) is 7.28. The van der Waals surface area contributed by atoms with Crippen molar-refractivity contribution in [3.05, 3.63) is 12.7 Å². The van der Waals surface area contributed by atoms with Gasteiger partial charge in [0.05, 0.1) is 6.04 Å². The fourth-order valence-electron chi connectivity index (χ4n) is 3.27. The zero-order chi connectivity index (χ0) is 21.6. The number of rotatable bonds is 10. The van der Waals surface area contributed by atoms with Gasteiger partial charge in [0.1, 0.15) is 18.8 Å². The summed E-state index contributed by atoms with van der Waals surface area (Å²) in [6, 6.07) is -1.65. The van der Waals surface area contributed by atoms with Crippen LogP contribution in [0.15, 0.2) is 12.7 Å². The number of carbonyl (C=O) groups is 3. The average Bonchev–Trinajstić information content (AvgIpc) is 2.82. The maximum Gasteiger partial charge on any atom is 0.328 e. The summed E-state index contributed by atoms with van der Waals surface area (Å²) in [4.78, 5) is 37.0. The SMILES string of the molecule is C=CCOC(=O)CCC(NC(=O)C(N)C(C)C)C(=O)OC1CCCCCCCC1. The van der Waals surface area contributed by atoms with Crippen LogP contribution in [0.1, 0.15) is 78.1 Å². The van der Waals surface area contributed by atoms with E-state index in [9.17, 15) is 14.4 Å². The van der Waals surface area contributed by atoms with Crippen molar-refractivity contribution < 1.29 is 23.9 Å². The van der Waals surface area contributed by atoms with E-state index in [1.165, 1.54) is 18.9 Å². The van der Waals surface area contributed by atoms with Gasteiger partial charge in [0.15, 0.2) is 0 Å². The zero-order valence-electron chi connectivity index (χ0n) is 18.0. The largest absolute Gasteiger partial charge is 0.461 e. The molecule has 29 heavy (non-hydrogen) atoms. The van der Waals surface area contributed by atoms with Gasteiger partial charge in [0, 0.05) is 6.42 Å². The van der Waals surface area contributed by atoms with Crippen molar-refractivity contribution in [2.24, 2.45) is 11.7 Å². The van der Waals surface area contributed by atoms with Crippen molar-refractivity contribution in [2.45, 2.75) is 96.2 Å². The third kappa shape index (κ3) is 10.5. The number of nitrogens with two attached hydrogens (primary N) is 1. The first-order chi connectivity index (χ1) is 13.8. The third-order valence-corrected chi connectivity index (χ3v) is 5.21. The lowest BCUT2D eigenvalue weighted by molar-refractivity contribution is -0.154. The van der Waals surface area contributed by atoms with Crippen LogP contribution in [0.2, 0.25) is 0 Å². The maximum atomic E-state index is 12.8. The molecule has 0 heterocycles. The lowest BCUT2D eigenvalue weighted by Gasteiger charge is -2.24. The van der Waals surface area contributed by atoms with Crippen LogP contribution in [0, 0.1) is 5.92 Å². The standard InChI is InChI=1S/C22H38N2O5/c1-4-15-28-19(25)14-13-18(24-21(26)20(23)16(2)3)22(27)29-17-11-9-7-5-6-8-10-12-17/h4,16-18,20H,1,5-15,23H2,2-3H3,(H,24,26). The number of carbonyl (C=O) groups excluding carboxylic acids is 3. The molecule has 1 saturated carbocycles. The summed E-state index contributed by atoms with van der Waals surface area (Å²) in [7, 11) is 0. The predicted molar refractivity (Wildman–Crippen MR) is 112 cm³/mol. The minimum Gasteiger partial charge on any atom is -0.461 e. The predicted octanol–water partition coefficient (Wildman–Crippen LogP) is 3.01. The lowest BCUT2D eigenvalue weighted by Crippen LogP contribution is -2.51. The molecule has 7 nitrogen and oxygen atoms in total. The minimum absolute atomic E-state index is 0.00449. The highest BCUT2D eigenvalue weighted by atomic mass is 16.5. The first-order valence-corrected chi connectivity index (χ1v) is 10.9. The van der Waals surface area contributed by atoms with Crippen molar-refractivity contribution in [3.8, 4) is 0 Å². The van der Waals surface area contributed by atoms with Crippen LogP contribution in [0.4, 0.5) is 0 Å². The minimum atomic E-state index is -0.920. The molecule has 0 aromatic rings. The van der Waals surface area contributed by atoms with Gasteiger partial charge in [0.25, 0.3) is 0 Å². The van der Waals surface area contributed by atoms with Crippen LogP contribution in [0.3, 0.4) is 0 Å². The van der Waals surface area contributed by atoms with Gasteiger partial charge in [-0.3, -0.25) is 9.59 Å². The second-order valence-corrected chi connectivity index (χ2v) is 8.10. The van der Waals surface area contributed by atoms with E-state index in [0.29, 0.717) is 0 Å². The molecule has 7 heteroatoms. The monoisotopic (exact) mass is 410 g/mol. The van der Waals surface area contributed by atoms with Crippen LogP contribution in [0.25, 0.3) is 0 Å². The van der Waals surface area contributed by atoms with E-state index in [2.05, 4.69) is 11.9 Å². The normalized spacial score (nSPS) is 17.9. The quantitative estimate of drug-likeness (QED) is 0.423. The molecule has 0 saturated heterocycles. The van der Waals surface area contributed by atoms with Gasteiger partial charge in [-0.2, -0.15) is 0 Å². The van der Waals surface area contributed by atoms with Crippen LogP contribution >= 0.6 is 0 Å². The molecule has 1 fully saturated rings. The Morgan fingerprint density at radius 2 is 1.69 bits per heavy atom. The van der Waals surface area contributed by atoms with Crippen molar-refractivity contribution in [2.75, 3.05) is 6.61 Å². The van der Waals surface area contributed by atoms with Crippen LogP contribution in [0.5, 0.6) is 0 Å². The molecular formula is C22H38N2O5. The molecule has 0 aromatic heterocycles. The summed E-state index contributed by atoms with van der Waals surface area (Å²) < 4.78 is 10.7. The Kier molecular flexibility index (Phi) is 12.3. The number of ether oxygens (including phenoxy) is 2. The van der Waals surface area contributed by atoms with E-state index in [4.69, 9.17) is 15.2 Å². The highest BCUT2D eigenvalue weighted by Gasteiger charge is 2.29. The first kappa shape index (κ1) is 25.1. The first-order valence-electron chi connectivity index (χ1n) is 10.9.